The number of carbonyl (C=O) groups excluding carboxylic acids is 1. The number of nitrogen functional groups attached to an aromatic ring is 1. The number of anilines is 3. The predicted octanol–water partition coefficient (Wildman–Crippen LogP) is 5.16. The van der Waals surface area contributed by atoms with Crippen molar-refractivity contribution >= 4 is 64.0 Å². The van der Waals surface area contributed by atoms with Crippen LogP contribution in [0, 0.1) is 0 Å². The van der Waals surface area contributed by atoms with E-state index in [1.54, 1.807) is 0 Å². The Bertz CT molecular complexity index is 1060. The second-order valence-electron chi connectivity index (χ2n) is 5.98. The summed E-state index contributed by atoms with van der Waals surface area (Å²) >= 11 is 17.7. The Hall–Kier alpha value is -2.80. The first-order chi connectivity index (χ1) is 13.9. The van der Waals surface area contributed by atoms with E-state index in [-0.39, 0.29) is 26.6 Å². The van der Waals surface area contributed by atoms with Gasteiger partial charge in [-0.3, -0.25) is 4.79 Å². The summed E-state index contributed by atoms with van der Waals surface area (Å²) in [5, 5.41) is 3.72. The zero-order chi connectivity index (χ0) is 21.0. The minimum Gasteiger partial charge on any atom is -0.396 e. The summed E-state index contributed by atoms with van der Waals surface area (Å²) in [5.41, 5.74) is 10.8. The quantitative estimate of drug-likeness (QED) is 0.321. The van der Waals surface area contributed by atoms with Crippen LogP contribution in [0.2, 0.25) is 15.2 Å². The molecule has 0 spiro atoms. The first kappa shape index (κ1) is 20.9. The molecule has 2 aromatic carbocycles. The molecule has 6 nitrogen and oxygen atoms in total. The largest absolute Gasteiger partial charge is 0.396 e. The number of hydrazone groups is 1. The van der Waals surface area contributed by atoms with Crippen molar-refractivity contribution in [3.8, 4) is 0 Å². The average Bonchev–Trinajstić information content (AvgIpc) is 2.75. The molecule has 0 fully saturated rings. The molecule has 0 saturated carbocycles. The van der Waals surface area contributed by atoms with Crippen LogP contribution in [0.3, 0.4) is 0 Å². The molecule has 0 bridgehead atoms. The predicted molar refractivity (Wildman–Crippen MR) is 120 cm³/mol. The fraction of sp³-hybridized carbons (Fsp3) is 0.0500. The van der Waals surface area contributed by atoms with Gasteiger partial charge in [0.25, 0.3) is 5.91 Å². The summed E-state index contributed by atoms with van der Waals surface area (Å²) in [7, 11) is 1.98. The maximum absolute atomic E-state index is 12.2. The summed E-state index contributed by atoms with van der Waals surface area (Å²) in [6, 6.07) is 17.7. The molecule has 3 N–H and O–H groups in total. The minimum atomic E-state index is -0.656. The number of nitrogens with one attached hydrogen (secondary N) is 1. The van der Waals surface area contributed by atoms with Crippen LogP contribution in [-0.2, 0) is 0 Å². The van der Waals surface area contributed by atoms with Gasteiger partial charge in [-0.1, -0.05) is 65.1 Å². The van der Waals surface area contributed by atoms with Crippen molar-refractivity contribution in [3.63, 3.8) is 0 Å². The van der Waals surface area contributed by atoms with Gasteiger partial charge in [-0.2, -0.15) is 5.10 Å². The van der Waals surface area contributed by atoms with Crippen LogP contribution in [0.4, 0.5) is 17.1 Å². The van der Waals surface area contributed by atoms with E-state index in [0.717, 1.165) is 16.9 Å². The number of amides is 1. The van der Waals surface area contributed by atoms with Crippen molar-refractivity contribution < 1.29 is 4.79 Å². The number of halogens is 3. The number of aromatic nitrogens is 1. The van der Waals surface area contributed by atoms with E-state index in [0.29, 0.717) is 0 Å². The zero-order valence-corrected chi connectivity index (χ0v) is 17.5. The lowest BCUT2D eigenvalue weighted by Gasteiger charge is -2.19. The van der Waals surface area contributed by atoms with Crippen LogP contribution < -0.4 is 16.1 Å². The van der Waals surface area contributed by atoms with Crippen molar-refractivity contribution in [2.45, 2.75) is 0 Å². The lowest BCUT2D eigenvalue weighted by molar-refractivity contribution is 0.0950. The highest BCUT2D eigenvalue weighted by Gasteiger charge is 2.19. The second kappa shape index (κ2) is 9.13. The van der Waals surface area contributed by atoms with E-state index in [4.69, 9.17) is 40.5 Å². The fourth-order valence-electron chi connectivity index (χ4n) is 2.48. The van der Waals surface area contributed by atoms with Crippen molar-refractivity contribution in [2.75, 3.05) is 17.7 Å². The number of rotatable bonds is 5. The molecular weight excluding hydrogens is 433 g/mol. The Labute approximate surface area is 182 Å². The van der Waals surface area contributed by atoms with Gasteiger partial charge in [-0.15, -0.1) is 0 Å². The zero-order valence-electron chi connectivity index (χ0n) is 15.2. The van der Waals surface area contributed by atoms with Crippen molar-refractivity contribution in [3.05, 3.63) is 81.1 Å². The van der Waals surface area contributed by atoms with E-state index < -0.39 is 5.91 Å². The topological polar surface area (TPSA) is 83.6 Å². The Balaban J connectivity index is 1.67. The third-order valence-electron chi connectivity index (χ3n) is 4.09. The van der Waals surface area contributed by atoms with Gasteiger partial charge < -0.3 is 10.6 Å². The summed E-state index contributed by atoms with van der Waals surface area (Å²) in [6.45, 7) is 0. The Morgan fingerprint density at radius 2 is 1.66 bits per heavy atom. The van der Waals surface area contributed by atoms with Gasteiger partial charge in [-0.05, 0) is 29.8 Å². The number of hydrogen-bond donors (Lipinski definition) is 2. The van der Waals surface area contributed by atoms with E-state index >= 15 is 0 Å². The SMILES string of the molecule is CN(c1ccccc1)c1ccc(C=NNC(=O)c2nc(Cl)c(Cl)c(N)c2Cl)cc1. The molecule has 0 aliphatic rings. The van der Waals surface area contributed by atoms with Gasteiger partial charge in [0, 0.05) is 18.4 Å². The molecular formula is C20H16Cl3N5O. The molecule has 0 atom stereocenters. The van der Waals surface area contributed by atoms with E-state index in [1.165, 1.54) is 6.21 Å². The molecule has 1 heterocycles. The average molecular weight is 449 g/mol. The van der Waals surface area contributed by atoms with Gasteiger partial charge in [0.2, 0.25) is 0 Å². The molecule has 0 saturated heterocycles. The normalized spacial score (nSPS) is 10.9. The van der Waals surface area contributed by atoms with E-state index in [9.17, 15) is 4.79 Å². The molecule has 9 heteroatoms. The maximum atomic E-state index is 12.2. The molecule has 1 aromatic heterocycles. The number of para-hydroxylation sites is 1. The van der Waals surface area contributed by atoms with Gasteiger partial charge in [0.1, 0.15) is 5.02 Å². The Morgan fingerprint density at radius 1 is 1.03 bits per heavy atom. The molecule has 3 rings (SSSR count). The first-order valence-electron chi connectivity index (χ1n) is 8.40. The smallest absolute Gasteiger partial charge is 0.291 e. The lowest BCUT2D eigenvalue weighted by atomic mass is 10.2. The van der Waals surface area contributed by atoms with Gasteiger partial charge >= 0.3 is 0 Å². The first-order valence-corrected chi connectivity index (χ1v) is 9.54. The van der Waals surface area contributed by atoms with Gasteiger partial charge in [0.15, 0.2) is 10.8 Å². The number of hydrogen-bond acceptors (Lipinski definition) is 5. The van der Waals surface area contributed by atoms with E-state index in [1.807, 2.05) is 61.6 Å². The fourth-order valence-corrected chi connectivity index (χ4v) is 3.08. The molecule has 0 aliphatic heterocycles. The molecule has 0 aliphatic carbocycles. The number of carbonyl (C=O) groups is 1. The Morgan fingerprint density at radius 3 is 2.31 bits per heavy atom. The number of nitrogens with zero attached hydrogens (tertiary/aromatic N) is 3. The summed E-state index contributed by atoms with van der Waals surface area (Å²) in [4.78, 5) is 18.1. The van der Waals surface area contributed by atoms with Gasteiger partial charge in [0.05, 0.1) is 16.9 Å². The molecule has 3 aromatic rings. The highest BCUT2D eigenvalue weighted by molar-refractivity contribution is 6.46. The molecule has 29 heavy (non-hydrogen) atoms. The van der Waals surface area contributed by atoms with Crippen LogP contribution >= 0.6 is 34.8 Å². The van der Waals surface area contributed by atoms with Crippen molar-refractivity contribution in [1.82, 2.24) is 10.4 Å². The van der Waals surface area contributed by atoms with Crippen LogP contribution in [0.25, 0.3) is 0 Å². The minimum absolute atomic E-state index is 0.00252. The highest BCUT2D eigenvalue weighted by Crippen LogP contribution is 2.34. The summed E-state index contributed by atoms with van der Waals surface area (Å²) < 4.78 is 0. The molecule has 148 valence electrons. The number of pyridine rings is 1. The monoisotopic (exact) mass is 447 g/mol. The Kier molecular flexibility index (Phi) is 6.59. The van der Waals surface area contributed by atoms with E-state index in [2.05, 4.69) is 20.4 Å². The number of nitrogens with two attached hydrogens (primary N) is 1. The molecule has 0 radical (unpaired) electrons. The standard InChI is InChI=1S/C20H16Cl3N5O/c1-28(13-5-3-2-4-6-13)14-9-7-12(8-10-14)11-25-27-20(29)18-15(21)17(24)16(22)19(23)26-18/h2-11H,1H3,(H2,24,26)(H,27,29). The third-order valence-corrected chi connectivity index (χ3v) is 5.23. The van der Waals surface area contributed by atoms with Gasteiger partial charge in [-0.25, -0.2) is 10.4 Å². The molecule has 0 unspecified atom stereocenters. The highest BCUT2D eigenvalue weighted by atomic mass is 35.5. The summed E-state index contributed by atoms with van der Waals surface area (Å²) in [5.74, 6) is -0.656. The van der Waals surface area contributed by atoms with Crippen molar-refractivity contribution in [2.24, 2.45) is 5.10 Å². The number of benzene rings is 2. The summed E-state index contributed by atoms with van der Waals surface area (Å²) in [6.07, 6.45) is 1.50. The molecule has 1 amide bonds. The van der Waals surface area contributed by atoms with Crippen LogP contribution in [0.1, 0.15) is 16.1 Å². The van der Waals surface area contributed by atoms with Crippen LogP contribution in [0.15, 0.2) is 59.7 Å². The van der Waals surface area contributed by atoms with Crippen LogP contribution in [0.5, 0.6) is 0 Å². The maximum Gasteiger partial charge on any atom is 0.291 e. The van der Waals surface area contributed by atoms with Crippen LogP contribution in [-0.4, -0.2) is 24.2 Å². The second-order valence-corrected chi connectivity index (χ2v) is 7.09. The lowest BCUT2D eigenvalue weighted by Crippen LogP contribution is -2.20. The third kappa shape index (κ3) is 4.79. The van der Waals surface area contributed by atoms with Crippen molar-refractivity contribution in [1.29, 1.82) is 0 Å².